The number of rotatable bonds is 4. The number of benzene rings is 1. The Balaban J connectivity index is 1.99. The van der Waals surface area contributed by atoms with Crippen LogP contribution in [0.2, 0.25) is 0 Å². The predicted octanol–water partition coefficient (Wildman–Crippen LogP) is 2.67. The molecule has 0 spiro atoms. The van der Waals surface area contributed by atoms with Crippen LogP contribution in [-0.4, -0.2) is 49.6 Å². The maximum atomic E-state index is 2.62. The number of hydrogen-bond acceptors (Lipinski definition) is 2. The maximum absolute atomic E-state index is 2.62. The van der Waals surface area contributed by atoms with Gasteiger partial charge in [-0.05, 0) is 24.4 Å². The van der Waals surface area contributed by atoms with E-state index in [0.29, 0.717) is 11.8 Å². The maximum Gasteiger partial charge on any atom is 0.0110 e. The molecule has 100 valence electrons. The summed E-state index contributed by atoms with van der Waals surface area (Å²) in [6, 6.07) is 11.0. The van der Waals surface area contributed by atoms with E-state index in [2.05, 4.69) is 61.0 Å². The van der Waals surface area contributed by atoms with Gasteiger partial charge in [0.05, 0.1) is 0 Å². The molecule has 0 amide bonds. The highest BCUT2D eigenvalue weighted by atomic mass is 15.2. The highest BCUT2D eigenvalue weighted by molar-refractivity contribution is 5.20. The second-order valence-corrected chi connectivity index (χ2v) is 5.87. The van der Waals surface area contributed by atoms with Gasteiger partial charge in [-0.3, -0.25) is 0 Å². The third-order valence-electron chi connectivity index (χ3n) is 4.08. The van der Waals surface area contributed by atoms with Crippen molar-refractivity contribution < 1.29 is 0 Å². The molecule has 1 heterocycles. The Morgan fingerprint density at radius 3 is 2.17 bits per heavy atom. The van der Waals surface area contributed by atoms with Gasteiger partial charge in [-0.15, -0.1) is 0 Å². The first-order chi connectivity index (χ1) is 8.66. The minimum atomic E-state index is 0.662. The molecule has 1 aromatic carbocycles. The first-order valence-electron chi connectivity index (χ1n) is 7.12. The summed E-state index contributed by atoms with van der Waals surface area (Å²) in [7, 11) is 2.22. The zero-order chi connectivity index (χ0) is 13.0. The molecule has 1 aliphatic heterocycles. The van der Waals surface area contributed by atoms with E-state index in [1.807, 2.05) is 0 Å². The van der Waals surface area contributed by atoms with E-state index >= 15 is 0 Å². The first-order valence-corrected chi connectivity index (χ1v) is 7.12. The number of hydrogen-bond donors (Lipinski definition) is 0. The molecule has 18 heavy (non-hydrogen) atoms. The molecule has 1 fully saturated rings. The third-order valence-corrected chi connectivity index (χ3v) is 4.08. The van der Waals surface area contributed by atoms with Crippen LogP contribution >= 0.6 is 0 Å². The van der Waals surface area contributed by atoms with Crippen LogP contribution in [0.25, 0.3) is 0 Å². The number of nitrogens with zero attached hydrogens (tertiary/aromatic N) is 2. The Morgan fingerprint density at radius 1 is 1.00 bits per heavy atom. The first kappa shape index (κ1) is 13.6. The van der Waals surface area contributed by atoms with Gasteiger partial charge in [0.1, 0.15) is 0 Å². The van der Waals surface area contributed by atoms with Crippen molar-refractivity contribution in [2.45, 2.75) is 19.8 Å². The fourth-order valence-corrected chi connectivity index (χ4v) is 2.71. The van der Waals surface area contributed by atoms with E-state index < -0.39 is 0 Å². The van der Waals surface area contributed by atoms with Crippen LogP contribution in [0.15, 0.2) is 30.3 Å². The Bertz CT molecular complexity index is 339. The summed E-state index contributed by atoms with van der Waals surface area (Å²) in [6.07, 6.45) is 0. The SMILES string of the molecule is CC(C)C(CN1CCN(C)CC1)c1ccccc1. The largest absolute Gasteiger partial charge is 0.304 e. The van der Waals surface area contributed by atoms with E-state index in [9.17, 15) is 0 Å². The Kier molecular flexibility index (Phi) is 4.79. The average Bonchev–Trinajstić information content (AvgIpc) is 2.38. The molecule has 0 aromatic heterocycles. The second kappa shape index (κ2) is 6.35. The highest BCUT2D eigenvalue weighted by Gasteiger charge is 2.21. The van der Waals surface area contributed by atoms with Gasteiger partial charge < -0.3 is 9.80 Å². The number of likely N-dealkylation sites (N-methyl/N-ethyl adjacent to an activating group) is 1. The van der Waals surface area contributed by atoms with Crippen LogP contribution < -0.4 is 0 Å². The minimum absolute atomic E-state index is 0.662. The van der Waals surface area contributed by atoms with Gasteiger partial charge in [-0.25, -0.2) is 0 Å². The van der Waals surface area contributed by atoms with Crippen molar-refractivity contribution in [3.63, 3.8) is 0 Å². The van der Waals surface area contributed by atoms with Gasteiger partial charge in [0.15, 0.2) is 0 Å². The van der Waals surface area contributed by atoms with E-state index in [-0.39, 0.29) is 0 Å². The minimum Gasteiger partial charge on any atom is -0.304 e. The zero-order valence-corrected chi connectivity index (χ0v) is 12.0. The van der Waals surface area contributed by atoms with Crippen molar-refractivity contribution >= 4 is 0 Å². The molecular weight excluding hydrogens is 220 g/mol. The molecule has 1 aliphatic rings. The van der Waals surface area contributed by atoms with Crippen LogP contribution in [0.3, 0.4) is 0 Å². The molecule has 0 aliphatic carbocycles. The summed E-state index contributed by atoms with van der Waals surface area (Å²) >= 11 is 0. The van der Waals surface area contributed by atoms with Crippen LogP contribution in [-0.2, 0) is 0 Å². The van der Waals surface area contributed by atoms with Crippen molar-refractivity contribution in [2.75, 3.05) is 39.8 Å². The fraction of sp³-hybridized carbons (Fsp3) is 0.625. The lowest BCUT2D eigenvalue weighted by atomic mass is 9.88. The molecule has 2 nitrogen and oxygen atoms in total. The Labute approximate surface area is 112 Å². The number of piperazine rings is 1. The summed E-state index contributed by atoms with van der Waals surface area (Å²) in [5, 5.41) is 0. The molecule has 2 heteroatoms. The van der Waals surface area contributed by atoms with Crippen molar-refractivity contribution in [3.8, 4) is 0 Å². The molecule has 1 aromatic rings. The second-order valence-electron chi connectivity index (χ2n) is 5.87. The van der Waals surface area contributed by atoms with Gasteiger partial charge in [-0.2, -0.15) is 0 Å². The molecule has 0 radical (unpaired) electrons. The van der Waals surface area contributed by atoms with Crippen molar-refractivity contribution in [2.24, 2.45) is 5.92 Å². The lowest BCUT2D eigenvalue weighted by molar-refractivity contribution is 0.140. The molecule has 0 N–H and O–H groups in total. The fourth-order valence-electron chi connectivity index (χ4n) is 2.71. The molecule has 1 atom stereocenters. The van der Waals surface area contributed by atoms with E-state index in [1.54, 1.807) is 0 Å². The lowest BCUT2D eigenvalue weighted by Crippen LogP contribution is -2.46. The van der Waals surface area contributed by atoms with Crippen LogP contribution in [0.1, 0.15) is 25.3 Å². The highest BCUT2D eigenvalue weighted by Crippen LogP contribution is 2.25. The van der Waals surface area contributed by atoms with Gasteiger partial charge >= 0.3 is 0 Å². The molecule has 2 rings (SSSR count). The van der Waals surface area contributed by atoms with Gasteiger partial charge in [0.2, 0.25) is 0 Å². The topological polar surface area (TPSA) is 6.48 Å². The van der Waals surface area contributed by atoms with Gasteiger partial charge in [0.25, 0.3) is 0 Å². The van der Waals surface area contributed by atoms with E-state index in [0.717, 1.165) is 0 Å². The standard InChI is InChI=1S/C16H26N2/c1-14(2)16(15-7-5-4-6-8-15)13-18-11-9-17(3)10-12-18/h4-8,14,16H,9-13H2,1-3H3. The summed E-state index contributed by atoms with van der Waals surface area (Å²) in [5.41, 5.74) is 1.49. The molecule has 0 bridgehead atoms. The molecule has 1 saturated heterocycles. The Hall–Kier alpha value is -0.860. The lowest BCUT2D eigenvalue weighted by Gasteiger charge is -2.36. The quantitative estimate of drug-likeness (QED) is 0.806. The van der Waals surface area contributed by atoms with Crippen molar-refractivity contribution in [1.29, 1.82) is 0 Å². The third kappa shape index (κ3) is 3.56. The van der Waals surface area contributed by atoms with Crippen LogP contribution in [0.4, 0.5) is 0 Å². The van der Waals surface area contributed by atoms with E-state index in [4.69, 9.17) is 0 Å². The Morgan fingerprint density at radius 2 is 1.61 bits per heavy atom. The van der Waals surface area contributed by atoms with Crippen LogP contribution in [0, 0.1) is 5.92 Å². The summed E-state index contributed by atoms with van der Waals surface area (Å²) in [5.74, 6) is 1.36. The van der Waals surface area contributed by atoms with E-state index in [1.165, 1.54) is 38.3 Å². The normalized spacial score (nSPS) is 20.2. The zero-order valence-electron chi connectivity index (χ0n) is 12.0. The van der Waals surface area contributed by atoms with Gasteiger partial charge in [-0.1, -0.05) is 44.2 Å². The molecule has 0 saturated carbocycles. The molecule has 1 unspecified atom stereocenters. The van der Waals surface area contributed by atoms with Crippen molar-refractivity contribution in [1.82, 2.24) is 9.80 Å². The summed E-state index contributed by atoms with van der Waals surface area (Å²) < 4.78 is 0. The van der Waals surface area contributed by atoms with Crippen molar-refractivity contribution in [3.05, 3.63) is 35.9 Å². The van der Waals surface area contributed by atoms with Gasteiger partial charge in [0, 0.05) is 32.7 Å². The van der Waals surface area contributed by atoms with Crippen LogP contribution in [0.5, 0.6) is 0 Å². The predicted molar refractivity (Wildman–Crippen MR) is 78.0 cm³/mol. The average molecular weight is 246 g/mol. The summed E-state index contributed by atoms with van der Waals surface area (Å²) in [6.45, 7) is 10.7. The molecular formula is C16H26N2. The smallest absolute Gasteiger partial charge is 0.0110 e. The summed E-state index contributed by atoms with van der Waals surface area (Å²) in [4.78, 5) is 5.04. The monoisotopic (exact) mass is 246 g/mol.